The molecule has 29 heavy (non-hydrogen) atoms. The third-order valence-electron chi connectivity index (χ3n) is 4.72. The maximum Gasteiger partial charge on any atom is 0.252 e. The van der Waals surface area contributed by atoms with Crippen LogP contribution in [0.25, 0.3) is 0 Å². The number of hydrogen-bond acceptors (Lipinski definition) is 4. The highest BCUT2D eigenvalue weighted by molar-refractivity contribution is 9.10. The van der Waals surface area contributed by atoms with Gasteiger partial charge in [0.2, 0.25) is 0 Å². The van der Waals surface area contributed by atoms with Crippen molar-refractivity contribution in [1.29, 1.82) is 0 Å². The van der Waals surface area contributed by atoms with Gasteiger partial charge in [-0.15, -0.1) is 0 Å². The van der Waals surface area contributed by atoms with Crippen LogP contribution in [0.15, 0.2) is 51.9 Å². The first-order valence-corrected chi connectivity index (χ1v) is 12.9. The molecule has 2 fully saturated rings. The van der Waals surface area contributed by atoms with Gasteiger partial charge in [0.05, 0.1) is 34.7 Å². The van der Waals surface area contributed by atoms with Crippen molar-refractivity contribution in [2.45, 2.75) is 17.7 Å². The first-order chi connectivity index (χ1) is 13.7. The summed E-state index contributed by atoms with van der Waals surface area (Å²) in [4.78, 5) is 18.7. The zero-order valence-corrected chi connectivity index (χ0v) is 19.6. The molecule has 0 radical (unpaired) electrons. The van der Waals surface area contributed by atoms with Gasteiger partial charge in [-0.3, -0.25) is 4.79 Å². The summed E-state index contributed by atoms with van der Waals surface area (Å²) in [6.45, 7) is 0. The van der Waals surface area contributed by atoms with E-state index in [9.17, 15) is 13.2 Å². The average Bonchev–Trinajstić information content (AvgIpc) is 3.08. The van der Waals surface area contributed by atoms with Crippen molar-refractivity contribution in [3.05, 3.63) is 62.5 Å². The highest BCUT2D eigenvalue weighted by Crippen LogP contribution is 2.43. The van der Waals surface area contributed by atoms with Crippen LogP contribution in [0.2, 0.25) is 10.0 Å². The van der Waals surface area contributed by atoms with Gasteiger partial charge in [0.1, 0.15) is 0 Å². The standard InChI is InChI=1S/C19H15BrCl2N2O3S2/c20-12-3-6-15(14(22)8-12)24-16-9-29(26,27)10-17(16)28-19(24)23-18(25)7-11-1-4-13(21)5-2-11/h1-6,8,16-17H,7,9-10H2/t16-,17+/m0/s1. The van der Waals surface area contributed by atoms with Gasteiger partial charge in [0.15, 0.2) is 15.0 Å². The molecular weight excluding hydrogens is 519 g/mol. The lowest BCUT2D eigenvalue weighted by Gasteiger charge is -2.25. The largest absolute Gasteiger partial charge is 0.314 e. The molecule has 5 nitrogen and oxygen atoms in total. The Morgan fingerprint density at radius 2 is 1.90 bits per heavy atom. The first kappa shape index (κ1) is 21.2. The molecule has 0 aromatic heterocycles. The number of hydrogen-bond donors (Lipinski definition) is 0. The lowest BCUT2D eigenvalue weighted by molar-refractivity contribution is -0.117. The van der Waals surface area contributed by atoms with Gasteiger partial charge >= 0.3 is 0 Å². The molecule has 2 aliphatic rings. The summed E-state index contributed by atoms with van der Waals surface area (Å²) in [6, 6.07) is 12.1. The topological polar surface area (TPSA) is 66.8 Å². The molecule has 2 aromatic carbocycles. The summed E-state index contributed by atoms with van der Waals surface area (Å²) in [5, 5.41) is 1.37. The second kappa shape index (κ2) is 8.23. The van der Waals surface area contributed by atoms with Crippen molar-refractivity contribution in [1.82, 2.24) is 0 Å². The molecule has 0 unspecified atom stereocenters. The van der Waals surface area contributed by atoms with Crippen molar-refractivity contribution in [2.75, 3.05) is 16.4 Å². The number of amidine groups is 1. The summed E-state index contributed by atoms with van der Waals surface area (Å²) < 4.78 is 25.1. The number of benzene rings is 2. The molecular formula is C19H15BrCl2N2O3S2. The predicted octanol–water partition coefficient (Wildman–Crippen LogP) is 4.60. The Morgan fingerprint density at radius 3 is 2.59 bits per heavy atom. The maximum absolute atomic E-state index is 12.6. The summed E-state index contributed by atoms with van der Waals surface area (Å²) in [7, 11) is -3.14. The zero-order chi connectivity index (χ0) is 20.8. The molecule has 0 saturated carbocycles. The second-order valence-corrected chi connectivity index (χ2v) is 12.0. The third kappa shape index (κ3) is 4.66. The van der Waals surface area contributed by atoms with Gasteiger partial charge in [-0.2, -0.15) is 4.99 Å². The van der Waals surface area contributed by atoms with E-state index in [0.29, 0.717) is 20.9 Å². The first-order valence-electron chi connectivity index (χ1n) is 8.69. The number of anilines is 1. The van der Waals surface area contributed by atoms with Crippen molar-refractivity contribution < 1.29 is 13.2 Å². The highest BCUT2D eigenvalue weighted by atomic mass is 79.9. The van der Waals surface area contributed by atoms with Crippen LogP contribution in [-0.4, -0.2) is 42.3 Å². The van der Waals surface area contributed by atoms with E-state index in [2.05, 4.69) is 20.9 Å². The molecule has 2 atom stereocenters. The molecule has 2 heterocycles. The molecule has 0 spiro atoms. The number of nitrogens with zero attached hydrogens (tertiary/aromatic N) is 2. The van der Waals surface area contributed by atoms with Crippen LogP contribution in [0.4, 0.5) is 5.69 Å². The van der Waals surface area contributed by atoms with E-state index in [1.54, 1.807) is 41.3 Å². The number of sulfone groups is 1. The number of rotatable bonds is 3. The smallest absolute Gasteiger partial charge is 0.252 e. The Morgan fingerprint density at radius 1 is 1.17 bits per heavy atom. The molecule has 2 saturated heterocycles. The lowest BCUT2D eigenvalue weighted by atomic mass is 10.1. The summed E-state index contributed by atoms with van der Waals surface area (Å²) >= 11 is 17.0. The summed E-state index contributed by atoms with van der Waals surface area (Å²) in [5.41, 5.74) is 1.45. The number of amides is 1. The predicted molar refractivity (Wildman–Crippen MR) is 123 cm³/mol. The monoisotopic (exact) mass is 532 g/mol. The van der Waals surface area contributed by atoms with Crippen LogP contribution in [0.1, 0.15) is 5.56 Å². The lowest BCUT2D eigenvalue weighted by Crippen LogP contribution is -2.38. The zero-order valence-electron chi connectivity index (χ0n) is 14.9. The Kier molecular flexibility index (Phi) is 6.01. The number of fused-ring (bicyclic) bond motifs is 1. The van der Waals surface area contributed by atoms with Gasteiger partial charge in [-0.05, 0) is 35.9 Å². The number of halogens is 3. The van der Waals surface area contributed by atoms with E-state index in [0.717, 1.165) is 10.0 Å². The fraction of sp³-hybridized carbons (Fsp3) is 0.263. The van der Waals surface area contributed by atoms with E-state index in [1.165, 1.54) is 11.8 Å². The van der Waals surface area contributed by atoms with Crippen LogP contribution >= 0.6 is 50.9 Å². The minimum Gasteiger partial charge on any atom is -0.314 e. The average molecular weight is 534 g/mol. The van der Waals surface area contributed by atoms with Gasteiger partial charge in [-0.1, -0.05) is 63.0 Å². The van der Waals surface area contributed by atoms with Crippen molar-refractivity contribution >= 4 is 77.5 Å². The molecule has 2 aromatic rings. The Labute approximate surface area is 191 Å². The fourth-order valence-electron chi connectivity index (χ4n) is 3.45. The SMILES string of the molecule is O=C(Cc1ccc(Cl)cc1)N=C1S[C@@H]2CS(=O)(=O)C[C@@H]2N1c1ccc(Br)cc1Cl. The molecule has 2 aliphatic heterocycles. The maximum atomic E-state index is 12.6. The Bertz CT molecular complexity index is 1110. The molecule has 152 valence electrons. The fourth-order valence-corrected chi connectivity index (χ4v) is 8.26. The normalized spacial score (nSPS) is 24.1. The Hall–Kier alpha value is -1.06. The van der Waals surface area contributed by atoms with Crippen molar-refractivity contribution in [2.24, 2.45) is 4.99 Å². The number of carbonyl (C=O) groups excluding carboxylic acids is 1. The van der Waals surface area contributed by atoms with Crippen LogP contribution in [0, 0.1) is 0 Å². The van der Waals surface area contributed by atoms with E-state index in [4.69, 9.17) is 23.2 Å². The molecule has 0 bridgehead atoms. The van der Waals surface area contributed by atoms with Crippen molar-refractivity contribution in [3.8, 4) is 0 Å². The second-order valence-electron chi connectivity index (χ2n) is 6.86. The number of aliphatic imine (C=N–C) groups is 1. The minimum absolute atomic E-state index is 0.0153. The number of carbonyl (C=O) groups is 1. The minimum atomic E-state index is -3.14. The molecule has 10 heteroatoms. The van der Waals surface area contributed by atoms with Crippen LogP contribution in [-0.2, 0) is 21.1 Å². The molecule has 0 aliphatic carbocycles. The van der Waals surface area contributed by atoms with Crippen molar-refractivity contribution in [3.63, 3.8) is 0 Å². The van der Waals surface area contributed by atoms with E-state index < -0.39 is 9.84 Å². The van der Waals surface area contributed by atoms with Gasteiger partial charge < -0.3 is 4.90 Å². The van der Waals surface area contributed by atoms with E-state index in [1.807, 2.05) is 6.07 Å². The van der Waals surface area contributed by atoms with Crippen LogP contribution < -0.4 is 4.90 Å². The van der Waals surface area contributed by atoms with Gasteiger partial charge in [0.25, 0.3) is 5.91 Å². The van der Waals surface area contributed by atoms with Crippen LogP contribution in [0.3, 0.4) is 0 Å². The summed E-state index contributed by atoms with van der Waals surface area (Å²) in [6.07, 6.45) is 0.136. The summed E-state index contributed by atoms with van der Waals surface area (Å²) in [5.74, 6) is -0.227. The van der Waals surface area contributed by atoms with Gasteiger partial charge in [0, 0.05) is 14.7 Å². The Balaban J connectivity index is 1.66. The highest BCUT2D eigenvalue weighted by Gasteiger charge is 2.49. The number of thioether (sulfide) groups is 1. The van der Waals surface area contributed by atoms with E-state index >= 15 is 0 Å². The van der Waals surface area contributed by atoms with E-state index in [-0.39, 0.29) is 35.1 Å². The third-order valence-corrected chi connectivity index (χ3v) is 8.98. The van der Waals surface area contributed by atoms with Crippen LogP contribution in [0.5, 0.6) is 0 Å². The van der Waals surface area contributed by atoms with Gasteiger partial charge in [-0.25, -0.2) is 8.42 Å². The molecule has 4 rings (SSSR count). The molecule has 1 amide bonds. The molecule has 0 N–H and O–H groups in total. The quantitative estimate of drug-likeness (QED) is 0.576.